The number of hydrogen-bond acceptors (Lipinski definition) is 2. The normalized spacial score (nSPS) is 10.2. The molecule has 0 fully saturated rings. The Morgan fingerprint density at radius 2 is 1.40 bits per heavy atom. The Hall–Kier alpha value is -1.80. The zero-order chi connectivity index (χ0) is 10.7. The van der Waals surface area contributed by atoms with Gasteiger partial charge >= 0.3 is 0 Å². The molecule has 0 saturated heterocycles. The lowest BCUT2D eigenvalue weighted by atomic mass is 9.99. The largest absolute Gasteiger partial charge is 0.507 e. The molecule has 2 aromatic rings. The van der Waals surface area contributed by atoms with Gasteiger partial charge in [-0.25, -0.2) is 0 Å². The average Bonchev–Trinajstić information content (AvgIpc) is 2.30. The van der Waals surface area contributed by atoms with Crippen LogP contribution in [-0.2, 0) is 6.61 Å². The van der Waals surface area contributed by atoms with E-state index in [-0.39, 0.29) is 12.4 Å². The fourth-order valence-electron chi connectivity index (χ4n) is 1.62. The quantitative estimate of drug-likeness (QED) is 0.782. The molecule has 2 heteroatoms. The summed E-state index contributed by atoms with van der Waals surface area (Å²) in [5, 5.41) is 18.9. The number of hydrogen-bond donors (Lipinski definition) is 2. The van der Waals surface area contributed by atoms with Gasteiger partial charge in [0.05, 0.1) is 6.61 Å². The minimum Gasteiger partial charge on any atom is -0.507 e. The van der Waals surface area contributed by atoms with Gasteiger partial charge in [0.25, 0.3) is 0 Å². The molecule has 2 N–H and O–H groups in total. The van der Waals surface area contributed by atoms with Crippen molar-refractivity contribution in [2.45, 2.75) is 6.61 Å². The van der Waals surface area contributed by atoms with Crippen LogP contribution in [0.5, 0.6) is 5.75 Å². The van der Waals surface area contributed by atoms with E-state index in [9.17, 15) is 10.2 Å². The molecule has 0 spiro atoms. The molecule has 0 aliphatic rings. The van der Waals surface area contributed by atoms with Crippen LogP contribution in [0.2, 0.25) is 0 Å². The van der Waals surface area contributed by atoms with Crippen LogP contribution in [-0.4, -0.2) is 10.2 Å². The molecule has 0 aromatic heterocycles. The topological polar surface area (TPSA) is 40.5 Å². The van der Waals surface area contributed by atoms with Crippen molar-refractivity contribution in [1.29, 1.82) is 0 Å². The Balaban J connectivity index is 2.59. The van der Waals surface area contributed by atoms with Crippen molar-refractivity contribution in [2.75, 3.05) is 0 Å². The molecule has 0 amide bonds. The number of aromatic hydroxyl groups is 1. The van der Waals surface area contributed by atoms with E-state index in [2.05, 4.69) is 0 Å². The molecule has 2 aromatic carbocycles. The maximum atomic E-state index is 9.70. The van der Waals surface area contributed by atoms with Crippen molar-refractivity contribution >= 4 is 0 Å². The second-order valence-electron chi connectivity index (χ2n) is 3.33. The van der Waals surface area contributed by atoms with Gasteiger partial charge in [-0.1, -0.05) is 42.5 Å². The minimum absolute atomic E-state index is 0.0233. The Morgan fingerprint density at radius 3 is 2.07 bits per heavy atom. The van der Waals surface area contributed by atoms with E-state index in [1.54, 1.807) is 12.1 Å². The first-order valence-corrected chi connectivity index (χ1v) is 4.80. The zero-order valence-electron chi connectivity index (χ0n) is 8.22. The molecule has 0 aliphatic carbocycles. The third kappa shape index (κ3) is 1.85. The highest BCUT2D eigenvalue weighted by Gasteiger charge is 2.06. The van der Waals surface area contributed by atoms with Crippen molar-refractivity contribution in [3.05, 3.63) is 54.1 Å². The summed E-state index contributed by atoms with van der Waals surface area (Å²) < 4.78 is 0. The number of aliphatic hydroxyl groups is 1. The van der Waals surface area contributed by atoms with E-state index >= 15 is 0 Å². The Kier molecular flexibility index (Phi) is 2.70. The monoisotopic (exact) mass is 200 g/mol. The maximum absolute atomic E-state index is 9.70. The lowest BCUT2D eigenvalue weighted by molar-refractivity contribution is 0.282. The van der Waals surface area contributed by atoms with Crippen LogP contribution < -0.4 is 0 Å². The molecule has 0 saturated carbocycles. The van der Waals surface area contributed by atoms with Crippen LogP contribution in [0.25, 0.3) is 11.1 Å². The van der Waals surface area contributed by atoms with E-state index in [1.807, 2.05) is 36.4 Å². The Bertz CT molecular complexity index is 464. The highest BCUT2D eigenvalue weighted by molar-refractivity contribution is 5.72. The van der Waals surface area contributed by atoms with Crippen molar-refractivity contribution < 1.29 is 10.2 Å². The van der Waals surface area contributed by atoms with Crippen LogP contribution in [0.1, 0.15) is 5.56 Å². The first kappa shape index (κ1) is 9.74. The number of aliphatic hydroxyl groups excluding tert-OH is 1. The standard InChI is InChI=1S/C13H12O2/c14-9-10-5-1-2-6-11(10)12-7-3-4-8-13(12)15/h1-8,14-15H,9H2. The predicted octanol–water partition coefficient (Wildman–Crippen LogP) is 2.55. The summed E-state index contributed by atoms with van der Waals surface area (Å²) in [5.41, 5.74) is 2.44. The van der Waals surface area contributed by atoms with E-state index in [1.165, 1.54) is 0 Å². The van der Waals surface area contributed by atoms with E-state index in [4.69, 9.17) is 0 Å². The van der Waals surface area contributed by atoms with E-state index in [0.717, 1.165) is 16.7 Å². The van der Waals surface area contributed by atoms with Gasteiger partial charge in [-0.05, 0) is 17.2 Å². The fraction of sp³-hybridized carbons (Fsp3) is 0.0769. The van der Waals surface area contributed by atoms with Gasteiger partial charge in [-0.2, -0.15) is 0 Å². The first-order valence-electron chi connectivity index (χ1n) is 4.80. The summed E-state index contributed by atoms with van der Waals surface area (Å²) in [4.78, 5) is 0. The van der Waals surface area contributed by atoms with E-state index in [0.29, 0.717) is 0 Å². The third-order valence-corrected chi connectivity index (χ3v) is 2.38. The van der Waals surface area contributed by atoms with Crippen LogP contribution >= 0.6 is 0 Å². The van der Waals surface area contributed by atoms with Gasteiger partial charge in [0.15, 0.2) is 0 Å². The molecule has 0 radical (unpaired) electrons. The summed E-state index contributed by atoms with van der Waals surface area (Å²) >= 11 is 0. The summed E-state index contributed by atoms with van der Waals surface area (Å²) in [6.45, 7) is -0.0233. The second-order valence-corrected chi connectivity index (χ2v) is 3.33. The van der Waals surface area contributed by atoms with Crippen LogP contribution in [0.3, 0.4) is 0 Å². The number of para-hydroxylation sites is 1. The van der Waals surface area contributed by atoms with Gasteiger partial charge in [-0.3, -0.25) is 0 Å². The molecule has 0 unspecified atom stereocenters. The molecule has 0 bridgehead atoms. The van der Waals surface area contributed by atoms with E-state index < -0.39 is 0 Å². The van der Waals surface area contributed by atoms with Gasteiger partial charge in [0.1, 0.15) is 5.75 Å². The minimum atomic E-state index is -0.0233. The highest BCUT2D eigenvalue weighted by Crippen LogP contribution is 2.30. The van der Waals surface area contributed by atoms with Crippen molar-refractivity contribution in [1.82, 2.24) is 0 Å². The van der Waals surface area contributed by atoms with Gasteiger partial charge in [0.2, 0.25) is 0 Å². The first-order chi connectivity index (χ1) is 7.33. The summed E-state index contributed by atoms with van der Waals surface area (Å²) in [6, 6.07) is 14.6. The Labute approximate surface area is 88.4 Å². The molecular formula is C13H12O2. The summed E-state index contributed by atoms with van der Waals surface area (Å²) in [7, 11) is 0. The Morgan fingerprint density at radius 1 is 0.800 bits per heavy atom. The zero-order valence-corrected chi connectivity index (χ0v) is 8.22. The van der Waals surface area contributed by atoms with Crippen molar-refractivity contribution in [3.8, 4) is 16.9 Å². The fourth-order valence-corrected chi connectivity index (χ4v) is 1.62. The van der Waals surface area contributed by atoms with Gasteiger partial charge in [-0.15, -0.1) is 0 Å². The van der Waals surface area contributed by atoms with Gasteiger partial charge < -0.3 is 10.2 Å². The lowest BCUT2D eigenvalue weighted by Crippen LogP contribution is -1.88. The smallest absolute Gasteiger partial charge is 0.123 e. The number of phenolic OH excluding ortho intramolecular Hbond substituents is 1. The lowest BCUT2D eigenvalue weighted by Gasteiger charge is -2.08. The molecule has 2 rings (SSSR count). The summed E-state index contributed by atoms with van der Waals surface area (Å²) in [5.74, 6) is 0.235. The second kappa shape index (κ2) is 4.15. The highest BCUT2D eigenvalue weighted by atomic mass is 16.3. The van der Waals surface area contributed by atoms with Crippen LogP contribution in [0.15, 0.2) is 48.5 Å². The predicted molar refractivity (Wildman–Crippen MR) is 59.5 cm³/mol. The molecule has 76 valence electrons. The molecule has 2 nitrogen and oxygen atoms in total. The average molecular weight is 200 g/mol. The molecule has 15 heavy (non-hydrogen) atoms. The van der Waals surface area contributed by atoms with Crippen LogP contribution in [0, 0.1) is 0 Å². The third-order valence-electron chi connectivity index (χ3n) is 2.38. The van der Waals surface area contributed by atoms with Crippen molar-refractivity contribution in [3.63, 3.8) is 0 Å². The number of phenols is 1. The van der Waals surface area contributed by atoms with Crippen LogP contribution in [0.4, 0.5) is 0 Å². The molecular weight excluding hydrogens is 188 g/mol. The molecule has 0 heterocycles. The molecule has 0 atom stereocenters. The van der Waals surface area contributed by atoms with Gasteiger partial charge in [0, 0.05) is 5.56 Å². The number of rotatable bonds is 2. The van der Waals surface area contributed by atoms with Crippen molar-refractivity contribution in [2.24, 2.45) is 0 Å². The maximum Gasteiger partial charge on any atom is 0.123 e. The number of benzene rings is 2. The summed E-state index contributed by atoms with van der Waals surface area (Å²) in [6.07, 6.45) is 0. The SMILES string of the molecule is OCc1ccccc1-c1ccccc1O. The molecule has 0 aliphatic heterocycles.